The number of piperidine rings is 1. The molecule has 0 spiro atoms. The van der Waals surface area contributed by atoms with Crippen LogP contribution >= 0.6 is 0 Å². The number of piperazine rings is 1. The van der Waals surface area contributed by atoms with Gasteiger partial charge in [-0.1, -0.05) is 35.8 Å². The molecule has 0 radical (unpaired) electrons. The number of amidine groups is 1. The van der Waals surface area contributed by atoms with Gasteiger partial charge in [0.25, 0.3) is 0 Å². The van der Waals surface area contributed by atoms with Gasteiger partial charge in [-0.25, -0.2) is 0 Å². The van der Waals surface area contributed by atoms with Crippen molar-refractivity contribution in [2.24, 2.45) is 10.9 Å². The molecule has 0 amide bonds. The third-order valence-corrected chi connectivity index (χ3v) is 4.72. The standard InChI is InChI=1S/C16H24N4O/c17-16(18-21)15-7-2-1-5-13(15)11-19-9-10-20-8-4-3-6-14(20)12-19/h1-2,5,7,14,21H,3-4,6,8-12H2,(H2,17,18). The molecule has 1 aromatic rings. The summed E-state index contributed by atoms with van der Waals surface area (Å²) in [5, 5.41) is 12.1. The van der Waals surface area contributed by atoms with Gasteiger partial charge in [0.05, 0.1) is 0 Å². The number of benzene rings is 1. The summed E-state index contributed by atoms with van der Waals surface area (Å²) in [6.45, 7) is 5.53. The van der Waals surface area contributed by atoms with E-state index in [1.54, 1.807) is 0 Å². The lowest BCUT2D eigenvalue weighted by atomic mass is 9.98. The maximum atomic E-state index is 8.92. The molecule has 21 heavy (non-hydrogen) atoms. The molecule has 2 fully saturated rings. The minimum Gasteiger partial charge on any atom is -0.409 e. The Morgan fingerprint density at radius 3 is 2.95 bits per heavy atom. The normalized spacial score (nSPS) is 24.8. The predicted molar refractivity (Wildman–Crippen MR) is 83.4 cm³/mol. The molecule has 3 rings (SSSR count). The zero-order chi connectivity index (χ0) is 14.7. The molecule has 2 aliphatic heterocycles. The van der Waals surface area contributed by atoms with Gasteiger partial charge in [0.1, 0.15) is 0 Å². The third kappa shape index (κ3) is 3.19. The third-order valence-electron chi connectivity index (χ3n) is 4.72. The van der Waals surface area contributed by atoms with Crippen LogP contribution in [-0.2, 0) is 6.54 Å². The van der Waals surface area contributed by atoms with E-state index in [9.17, 15) is 0 Å². The predicted octanol–water partition coefficient (Wildman–Crippen LogP) is 1.45. The fraction of sp³-hybridized carbons (Fsp3) is 0.562. The van der Waals surface area contributed by atoms with Crippen LogP contribution in [-0.4, -0.2) is 53.1 Å². The number of rotatable bonds is 3. The SMILES string of the molecule is N/C(=N/O)c1ccccc1CN1CCN2CCCCC2C1. The lowest BCUT2D eigenvalue weighted by Crippen LogP contribution is -2.54. The van der Waals surface area contributed by atoms with E-state index in [1.165, 1.54) is 25.8 Å². The first kappa shape index (κ1) is 14.4. The van der Waals surface area contributed by atoms with Crippen LogP contribution in [0.25, 0.3) is 0 Å². The van der Waals surface area contributed by atoms with Crippen LogP contribution < -0.4 is 5.73 Å². The second-order valence-electron chi connectivity index (χ2n) is 6.06. The highest BCUT2D eigenvalue weighted by molar-refractivity contribution is 5.98. The Balaban J connectivity index is 1.70. The molecule has 1 unspecified atom stereocenters. The van der Waals surface area contributed by atoms with E-state index in [2.05, 4.69) is 21.0 Å². The van der Waals surface area contributed by atoms with Crippen molar-refractivity contribution in [2.75, 3.05) is 26.2 Å². The summed E-state index contributed by atoms with van der Waals surface area (Å²) >= 11 is 0. The molecule has 114 valence electrons. The van der Waals surface area contributed by atoms with Gasteiger partial charge < -0.3 is 10.9 Å². The van der Waals surface area contributed by atoms with Crippen LogP contribution in [0.3, 0.4) is 0 Å². The zero-order valence-electron chi connectivity index (χ0n) is 12.4. The Kier molecular flexibility index (Phi) is 4.41. The van der Waals surface area contributed by atoms with Gasteiger partial charge in [0.15, 0.2) is 5.84 Å². The average molecular weight is 288 g/mol. The van der Waals surface area contributed by atoms with Crippen LogP contribution in [0.15, 0.2) is 29.4 Å². The molecule has 5 heteroatoms. The van der Waals surface area contributed by atoms with Gasteiger partial charge in [0.2, 0.25) is 0 Å². The largest absolute Gasteiger partial charge is 0.409 e. The fourth-order valence-corrected chi connectivity index (χ4v) is 3.57. The van der Waals surface area contributed by atoms with Crippen molar-refractivity contribution in [2.45, 2.75) is 31.8 Å². The Morgan fingerprint density at radius 1 is 1.24 bits per heavy atom. The van der Waals surface area contributed by atoms with E-state index < -0.39 is 0 Å². The van der Waals surface area contributed by atoms with Gasteiger partial charge in [-0.05, 0) is 24.9 Å². The van der Waals surface area contributed by atoms with Crippen molar-refractivity contribution in [3.05, 3.63) is 35.4 Å². The summed E-state index contributed by atoms with van der Waals surface area (Å²) < 4.78 is 0. The highest BCUT2D eigenvalue weighted by Crippen LogP contribution is 2.22. The van der Waals surface area contributed by atoms with E-state index in [0.717, 1.165) is 37.3 Å². The van der Waals surface area contributed by atoms with Crippen LogP contribution in [0.5, 0.6) is 0 Å². The van der Waals surface area contributed by atoms with Crippen molar-refractivity contribution in [3.63, 3.8) is 0 Å². The highest BCUT2D eigenvalue weighted by atomic mass is 16.4. The van der Waals surface area contributed by atoms with E-state index in [0.29, 0.717) is 6.04 Å². The Labute approximate surface area is 126 Å². The Morgan fingerprint density at radius 2 is 2.10 bits per heavy atom. The highest BCUT2D eigenvalue weighted by Gasteiger charge is 2.28. The van der Waals surface area contributed by atoms with Gasteiger partial charge in [0, 0.05) is 37.8 Å². The summed E-state index contributed by atoms with van der Waals surface area (Å²) in [7, 11) is 0. The smallest absolute Gasteiger partial charge is 0.170 e. The summed E-state index contributed by atoms with van der Waals surface area (Å²) in [5.41, 5.74) is 7.75. The number of oxime groups is 1. The van der Waals surface area contributed by atoms with Crippen molar-refractivity contribution in [3.8, 4) is 0 Å². The first-order valence-corrected chi connectivity index (χ1v) is 7.80. The quantitative estimate of drug-likeness (QED) is 0.382. The molecule has 1 aromatic carbocycles. The van der Waals surface area contributed by atoms with Crippen molar-refractivity contribution >= 4 is 5.84 Å². The maximum Gasteiger partial charge on any atom is 0.170 e. The Hall–Kier alpha value is -1.59. The van der Waals surface area contributed by atoms with Gasteiger partial charge in [-0.2, -0.15) is 0 Å². The molecular formula is C16H24N4O. The van der Waals surface area contributed by atoms with Crippen LogP contribution in [0.4, 0.5) is 0 Å². The minimum absolute atomic E-state index is 0.196. The molecule has 2 saturated heterocycles. The second-order valence-corrected chi connectivity index (χ2v) is 6.06. The van der Waals surface area contributed by atoms with Crippen molar-refractivity contribution in [1.82, 2.24) is 9.80 Å². The van der Waals surface area contributed by atoms with Crippen LogP contribution in [0.1, 0.15) is 30.4 Å². The summed E-state index contributed by atoms with van der Waals surface area (Å²) in [5.74, 6) is 0.196. The molecule has 3 N–H and O–H groups in total. The molecule has 2 aliphatic rings. The van der Waals surface area contributed by atoms with E-state index in [4.69, 9.17) is 10.9 Å². The molecular weight excluding hydrogens is 264 g/mol. The molecule has 2 heterocycles. The van der Waals surface area contributed by atoms with E-state index in [1.807, 2.05) is 18.2 Å². The summed E-state index contributed by atoms with van der Waals surface area (Å²) in [6.07, 6.45) is 4.02. The lowest BCUT2D eigenvalue weighted by Gasteiger charge is -2.44. The minimum atomic E-state index is 0.196. The number of hydrogen-bond acceptors (Lipinski definition) is 4. The second kappa shape index (κ2) is 6.45. The van der Waals surface area contributed by atoms with Gasteiger partial charge in [-0.3, -0.25) is 9.80 Å². The fourth-order valence-electron chi connectivity index (χ4n) is 3.57. The van der Waals surface area contributed by atoms with Crippen LogP contribution in [0.2, 0.25) is 0 Å². The molecule has 0 bridgehead atoms. The summed E-state index contributed by atoms with van der Waals surface area (Å²) in [4.78, 5) is 5.13. The van der Waals surface area contributed by atoms with Gasteiger partial charge in [-0.15, -0.1) is 0 Å². The lowest BCUT2D eigenvalue weighted by molar-refractivity contribution is 0.0456. The van der Waals surface area contributed by atoms with Crippen molar-refractivity contribution in [1.29, 1.82) is 0 Å². The number of fused-ring (bicyclic) bond motifs is 1. The Bertz CT molecular complexity index is 517. The topological polar surface area (TPSA) is 65.1 Å². The molecule has 0 aliphatic carbocycles. The molecule has 1 atom stereocenters. The van der Waals surface area contributed by atoms with E-state index >= 15 is 0 Å². The maximum absolute atomic E-state index is 8.92. The molecule has 5 nitrogen and oxygen atoms in total. The van der Waals surface area contributed by atoms with Crippen LogP contribution in [0, 0.1) is 0 Å². The number of nitrogens with zero attached hydrogens (tertiary/aromatic N) is 3. The molecule has 0 aromatic heterocycles. The summed E-state index contributed by atoms with van der Waals surface area (Å²) in [6, 6.07) is 8.64. The number of nitrogens with two attached hydrogens (primary N) is 1. The molecule has 0 saturated carbocycles. The number of hydrogen-bond donors (Lipinski definition) is 2. The van der Waals surface area contributed by atoms with E-state index in [-0.39, 0.29) is 5.84 Å². The monoisotopic (exact) mass is 288 g/mol. The first-order valence-electron chi connectivity index (χ1n) is 7.80. The van der Waals surface area contributed by atoms with Crippen molar-refractivity contribution < 1.29 is 5.21 Å². The first-order chi connectivity index (χ1) is 10.3. The van der Waals surface area contributed by atoms with Gasteiger partial charge >= 0.3 is 0 Å². The average Bonchev–Trinajstić information content (AvgIpc) is 2.54. The zero-order valence-corrected chi connectivity index (χ0v) is 12.4.